The standard InChI is InChI=1S/C16H16O/c1-11-4-7-14(8-5-11)16-13(3)12(2)6-9-15(16)10-17/h4-10H,1-3H3. The molecule has 2 aromatic carbocycles. The second-order valence-electron chi connectivity index (χ2n) is 4.46. The number of carbonyl (C=O) groups excluding carboxylic acids is 1. The summed E-state index contributed by atoms with van der Waals surface area (Å²) >= 11 is 0. The van der Waals surface area contributed by atoms with Crippen molar-refractivity contribution in [3.8, 4) is 11.1 Å². The van der Waals surface area contributed by atoms with Gasteiger partial charge in [-0.25, -0.2) is 0 Å². The maximum absolute atomic E-state index is 11.1. The van der Waals surface area contributed by atoms with Crippen LogP contribution in [0.1, 0.15) is 27.0 Å². The average molecular weight is 224 g/mol. The minimum Gasteiger partial charge on any atom is -0.298 e. The van der Waals surface area contributed by atoms with Gasteiger partial charge >= 0.3 is 0 Å². The van der Waals surface area contributed by atoms with Crippen molar-refractivity contribution in [2.24, 2.45) is 0 Å². The molecule has 2 rings (SSSR count). The molecular formula is C16H16O. The van der Waals surface area contributed by atoms with Crippen LogP contribution in [0, 0.1) is 20.8 Å². The fraction of sp³-hybridized carbons (Fsp3) is 0.188. The molecule has 0 N–H and O–H groups in total. The maximum atomic E-state index is 11.1. The van der Waals surface area contributed by atoms with Gasteiger partial charge in [0.1, 0.15) is 0 Å². The van der Waals surface area contributed by atoms with Gasteiger partial charge in [0.05, 0.1) is 0 Å². The van der Waals surface area contributed by atoms with Crippen molar-refractivity contribution in [1.82, 2.24) is 0 Å². The second-order valence-corrected chi connectivity index (χ2v) is 4.46. The van der Waals surface area contributed by atoms with E-state index in [4.69, 9.17) is 0 Å². The van der Waals surface area contributed by atoms with Gasteiger partial charge in [0.15, 0.2) is 6.29 Å². The number of rotatable bonds is 2. The van der Waals surface area contributed by atoms with Gasteiger partial charge in [-0.1, -0.05) is 42.0 Å². The summed E-state index contributed by atoms with van der Waals surface area (Å²) in [5.41, 5.74) is 6.55. The minimum atomic E-state index is 0.761. The third kappa shape index (κ3) is 2.14. The fourth-order valence-electron chi connectivity index (χ4n) is 2.04. The Morgan fingerprint density at radius 1 is 0.882 bits per heavy atom. The first-order valence-electron chi connectivity index (χ1n) is 5.76. The first kappa shape index (κ1) is 11.6. The number of carbonyl (C=O) groups is 1. The third-order valence-electron chi connectivity index (χ3n) is 3.24. The van der Waals surface area contributed by atoms with E-state index in [2.05, 4.69) is 45.0 Å². The number of aryl methyl sites for hydroxylation is 2. The molecule has 0 aromatic heterocycles. The Hall–Kier alpha value is -1.89. The van der Waals surface area contributed by atoms with E-state index in [0.29, 0.717) is 0 Å². The highest BCUT2D eigenvalue weighted by atomic mass is 16.1. The summed E-state index contributed by atoms with van der Waals surface area (Å²) < 4.78 is 0. The van der Waals surface area contributed by atoms with Crippen LogP contribution in [0.4, 0.5) is 0 Å². The zero-order valence-electron chi connectivity index (χ0n) is 10.4. The summed E-state index contributed by atoms with van der Waals surface area (Å²) in [5, 5.41) is 0. The molecule has 0 radical (unpaired) electrons. The van der Waals surface area contributed by atoms with Crippen molar-refractivity contribution in [2.45, 2.75) is 20.8 Å². The summed E-state index contributed by atoms with van der Waals surface area (Å²) in [6.07, 6.45) is 0.932. The van der Waals surface area contributed by atoms with Crippen LogP contribution >= 0.6 is 0 Å². The lowest BCUT2D eigenvalue weighted by molar-refractivity contribution is 0.112. The van der Waals surface area contributed by atoms with Crippen LogP contribution in [0.2, 0.25) is 0 Å². The molecule has 1 nitrogen and oxygen atoms in total. The molecule has 0 bridgehead atoms. The smallest absolute Gasteiger partial charge is 0.150 e. The number of hydrogen-bond acceptors (Lipinski definition) is 1. The van der Waals surface area contributed by atoms with E-state index in [9.17, 15) is 4.79 Å². The van der Waals surface area contributed by atoms with E-state index in [-0.39, 0.29) is 0 Å². The second kappa shape index (κ2) is 4.54. The lowest BCUT2D eigenvalue weighted by Gasteiger charge is -2.12. The van der Waals surface area contributed by atoms with Crippen LogP contribution in [0.3, 0.4) is 0 Å². The Kier molecular flexibility index (Phi) is 3.10. The van der Waals surface area contributed by atoms with Crippen molar-refractivity contribution in [3.63, 3.8) is 0 Å². The zero-order valence-corrected chi connectivity index (χ0v) is 10.4. The Bertz CT molecular complexity index is 550. The molecule has 0 amide bonds. The van der Waals surface area contributed by atoms with Gasteiger partial charge in [0.25, 0.3) is 0 Å². The van der Waals surface area contributed by atoms with Crippen molar-refractivity contribution in [3.05, 3.63) is 58.7 Å². The van der Waals surface area contributed by atoms with Gasteiger partial charge in [-0.2, -0.15) is 0 Å². The average Bonchev–Trinajstić information content (AvgIpc) is 2.34. The monoisotopic (exact) mass is 224 g/mol. The first-order valence-corrected chi connectivity index (χ1v) is 5.76. The molecule has 0 spiro atoms. The lowest BCUT2D eigenvalue weighted by atomic mass is 9.92. The molecule has 2 aromatic rings. The molecule has 0 aliphatic heterocycles. The van der Waals surface area contributed by atoms with Crippen LogP contribution in [-0.2, 0) is 0 Å². The molecule has 0 atom stereocenters. The van der Waals surface area contributed by atoms with Gasteiger partial charge in [-0.05, 0) is 43.0 Å². The molecule has 0 saturated heterocycles. The highest BCUT2D eigenvalue weighted by Gasteiger charge is 2.09. The fourth-order valence-corrected chi connectivity index (χ4v) is 2.04. The third-order valence-corrected chi connectivity index (χ3v) is 3.24. The Morgan fingerprint density at radius 2 is 1.53 bits per heavy atom. The summed E-state index contributed by atoms with van der Waals surface area (Å²) in [6.45, 7) is 6.20. The maximum Gasteiger partial charge on any atom is 0.150 e. The molecule has 1 heteroatoms. The molecule has 0 aliphatic carbocycles. The molecule has 86 valence electrons. The highest BCUT2D eigenvalue weighted by Crippen LogP contribution is 2.28. The van der Waals surface area contributed by atoms with Crippen LogP contribution < -0.4 is 0 Å². The molecular weight excluding hydrogens is 208 g/mol. The normalized spacial score (nSPS) is 10.3. The van der Waals surface area contributed by atoms with E-state index in [1.165, 1.54) is 16.7 Å². The Morgan fingerprint density at radius 3 is 2.12 bits per heavy atom. The quantitative estimate of drug-likeness (QED) is 0.702. The van der Waals surface area contributed by atoms with Crippen molar-refractivity contribution >= 4 is 6.29 Å². The van der Waals surface area contributed by atoms with Crippen LogP contribution in [0.25, 0.3) is 11.1 Å². The summed E-state index contributed by atoms with van der Waals surface area (Å²) in [5.74, 6) is 0. The molecule has 0 unspecified atom stereocenters. The molecule has 17 heavy (non-hydrogen) atoms. The van der Waals surface area contributed by atoms with E-state index >= 15 is 0 Å². The first-order chi connectivity index (χ1) is 8.13. The largest absolute Gasteiger partial charge is 0.298 e. The van der Waals surface area contributed by atoms with Gasteiger partial charge in [0, 0.05) is 5.56 Å². The zero-order chi connectivity index (χ0) is 12.4. The molecule has 0 aliphatic rings. The summed E-state index contributed by atoms with van der Waals surface area (Å²) in [4.78, 5) is 11.1. The minimum absolute atomic E-state index is 0.761. The topological polar surface area (TPSA) is 17.1 Å². The predicted octanol–water partition coefficient (Wildman–Crippen LogP) is 4.09. The highest BCUT2D eigenvalue weighted by molar-refractivity contribution is 5.89. The van der Waals surface area contributed by atoms with E-state index in [1.807, 2.05) is 12.1 Å². The van der Waals surface area contributed by atoms with Crippen molar-refractivity contribution in [1.29, 1.82) is 0 Å². The van der Waals surface area contributed by atoms with E-state index in [0.717, 1.165) is 23.0 Å². The number of benzene rings is 2. The number of hydrogen-bond donors (Lipinski definition) is 0. The predicted molar refractivity (Wildman–Crippen MR) is 71.5 cm³/mol. The van der Waals surface area contributed by atoms with Crippen LogP contribution in [0.15, 0.2) is 36.4 Å². The summed E-state index contributed by atoms with van der Waals surface area (Å²) in [7, 11) is 0. The van der Waals surface area contributed by atoms with Crippen LogP contribution in [-0.4, -0.2) is 6.29 Å². The SMILES string of the molecule is Cc1ccc(-c2c(C=O)ccc(C)c2C)cc1. The van der Waals surface area contributed by atoms with Crippen molar-refractivity contribution < 1.29 is 4.79 Å². The molecule has 0 fully saturated rings. The molecule has 0 heterocycles. The van der Waals surface area contributed by atoms with Crippen molar-refractivity contribution in [2.75, 3.05) is 0 Å². The van der Waals surface area contributed by atoms with E-state index in [1.54, 1.807) is 0 Å². The molecule has 0 saturated carbocycles. The number of aldehydes is 1. The van der Waals surface area contributed by atoms with Crippen LogP contribution in [0.5, 0.6) is 0 Å². The van der Waals surface area contributed by atoms with Gasteiger partial charge in [0.2, 0.25) is 0 Å². The lowest BCUT2D eigenvalue weighted by Crippen LogP contribution is -1.94. The van der Waals surface area contributed by atoms with Gasteiger partial charge in [-0.15, -0.1) is 0 Å². The Balaban J connectivity index is 2.68. The van der Waals surface area contributed by atoms with E-state index < -0.39 is 0 Å². The van der Waals surface area contributed by atoms with Gasteiger partial charge in [-0.3, -0.25) is 4.79 Å². The summed E-state index contributed by atoms with van der Waals surface area (Å²) in [6, 6.07) is 12.2. The Labute approximate surface area is 102 Å². The van der Waals surface area contributed by atoms with Gasteiger partial charge < -0.3 is 0 Å².